The van der Waals surface area contributed by atoms with Crippen molar-refractivity contribution in [2.24, 2.45) is 0 Å². The van der Waals surface area contributed by atoms with Crippen LogP contribution in [0.25, 0.3) is 38.6 Å². The number of aromatic nitrogens is 2. The van der Waals surface area contributed by atoms with Crippen molar-refractivity contribution < 1.29 is 0 Å². The Morgan fingerprint density at radius 3 is 2.17 bits per heavy atom. The van der Waals surface area contributed by atoms with E-state index in [0.29, 0.717) is 5.92 Å². The SMILES string of the molecule is Cc1cc(C)c(-c2cnc3c4ccccc4c4ccc(C(C)C)cc4n23)c(C)c1. The molecule has 0 atom stereocenters. The number of imidazole rings is 1. The molecular formula is C27H26N2. The standard InChI is InChI=1S/C27H26N2/c1-16(2)20-10-11-22-21-8-6-7-9-23(21)27-28-15-25(29(27)24(22)14-20)26-18(4)12-17(3)13-19(26)5/h6-16H,1-5H3. The summed E-state index contributed by atoms with van der Waals surface area (Å²) in [7, 11) is 0. The third-order valence-corrected chi connectivity index (χ3v) is 6.08. The molecule has 0 aliphatic heterocycles. The summed E-state index contributed by atoms with van der Waals surface area (Å²) in [5.74, 6) is 0.482. The Balaban J connectivity index is 2.01. The van der Waals surface area contributed by atoms with Gasteiger partial charge in [-0.3, -0.25) is 4.40 Å². The molecule has 0 spiro atoms. The Morgan fingerprint density at radius 2 is 1.48 bits per heavy atom. The minimum atomic E-state index is 0.482. The van der Waals surface area contributed by atoms with Crippen LogP contribution in [0.1, 0.15) is 42.0 Å². The fraction of sp³-hybridized carbons (Fsp3) is 0.222. The van der Waals surface area contributed by atoms with Crippen molar-refractivity contribution in [3.63, 3.8) is 0 Å². The summed E-state index contributed by atoms with van der Waals surface area (Å²) in [6.07, 6.45) is 2.05. The molecule has 5 aromatic rings. The maximum Gasteiger partial charge on any atom is 0.145 e. The lowest BCUT2D eigenvalue weighted by molar-refractivity contribution is 0.868. The van der Waals surface area contributed by atoms with Crippen LogP contribution in [0.4, 0.5) is 0 Å². The van der Waals surface area contributed by atoms with E-state index in [4.69, 9.17) is 4.98 Å². The molecule has 2 heterocycles. The van der Waals surface area contributed by atoms with Crippen molar-refractivity contribution in [1.29, 1.82) is 0 Å². The summed E-state index contributed by atoms with van der Waals surface area (Å²) in [5, 5.41) is 3.74. The zero-order valence-corrected chi connectivity index (χ0v) is 17.7. The lowest BCUT2D eigenvalue weighted by Crippen LogP contribution is -1.98. The summed E-state index contributed by atoms with van der Waals surface area (Å²) < 4.78 is 2.37. The Bertz CT molecular complexity index is 1380. The number of fused-ring (bicyclic) bond motifs is 6. The second-order valence-electron chi connectivity index (χ2n) is 8.55. The molecule has 0 radical (unpaired) electrons. The van der Waals surface area contributed by atoms with E-state index in [1.54, 1.807) is 0 Å². The van der Waals surface area contributed by atoms with Gasteiger partial charge < -0.3 is 0 Å². The lowest BCUT2D eigenvalue weighted by atomic mass is 9.96. The van der Waals surface area contributed by atoms with E-state index in [-0.39, 0.29) is 0 Å². The molecule has 0 saturated heterocycles. The highest BCUT2D eigenvalue weighted by molar-refractivity contribution is 6.12. The van der Waals surface area contributed by atoms with E-state index < -0.39 is 0 Å². The first-order valence-corrected chi connectivity index (χ1v) is 10.4. The molecule has 2 heteroatoms. The summed E-state index contributed by atoms with van der Waals surface area (Å²) in [6, 6.07) is 20.1. The highest BCUT2D eigenvalue weighted by Crippen LogP contribution is 2.36. The maximum atomic E-state index is 4.92. The predicted molar refractivity (Wildman–Crippen MR) is 124 cm³/mol. The van der Waals surface area contributed by atoms with Gasteiger partial charge in [0.2, 0.25) is 0 Å². The first kappa shape index (κ1) is 17.9. The summed E-state index contributed by atoms with van der Waals surface area (Å²) in [6.45, 7) is 11.1. The Morgan fingerprint density at radius 1 is 0.793 bits per heavy atom. The van der Waals surface area contributed by atoms with Gasteiger partial charge in [0.15, 0.2) is 0 Å². The quantitative estimate of drug-likeness (QED) is 0.293. The molecule has 0 saturated carbocycles. The van der Waals surface area contributed by atoms with E-state index >= 15 is 0 Å². The van der Waals surface area contributed by atoms with E-state index in [9.17, 15) is 0 Å². The van der Waals surface area contributed by atoms with Gasteiger partial charge in [0.05, 0.1) is 17.4 Å². The molecule has 2 aromatic heterocycles. The topological polar surface area (TPSA) is 17.3 Å². The molecule has 0 bridgehead atoms. The first-order chi connectivity index (χ1) is 14.0. The summed E-state index contributed by atoms with van der Waals surface area (Å²) in [4.78, 5) is 4.92. The van der Waals surface area contributed by atoms with Gasteiger partial charge >= 0.3 is 0 Å². The zero-order chi connectivity index (χ0) is 20.3. The third-order valence-electron chi connectivity index (χ3n) is 6.08. The smallest absolute Gasteiger partial charge is 0.145 e. The minimum Gasteiger partial charge on any atom is -0.292 e. The highest BCUT2D eigenvalue weighted by Gasteiger charge is 2.17. The minimum absolute atomic E-state index is 0.482. The predicted octanol–water partition coefficient (Wildman–Crippen LogP) is 7.36. The molecular weight excluding hydrogens is 352 g/mol. The molecule has 3 aromatic carbocycles. The van der Waals surface area contributed by atoms with Crippen LogP contribution in [-0.4, -0.2) is 9.38 Å². The van der Waals surface area contributed by atoms with Gasteiger partial charge in [-0.15, -0.1) is 0 Å². The Labute approximate surface area is 171 Å². The number of pyridine rings is 1. The van der Waals surface area contributed by atoms with Crippen molar-refractivity contribution in [3.05, 3.63) is 83.0 Å². The fourth-order valence-electron chi connectivity index (χ4n) is 4.78. The van der Waals surface area contributed by atoms with Gasteiger partial charge in [-0.05, 0) is 54.8 Å². The van der Waals surface area contributed by atoms with Gasteiger partial charge in [-0.25, -0.2) is 4.98 Å². The molecule has 0 N–H and O–H groups in total. The van der Waals surface area contributed by atoms with Crippen molar-refractivity contribution in [2.45, 2.75) is 40.5 Å². The monoisotopic (exact) mass is 378 g/mol. The van der Waals surface area contributed by atoms with Gasteiger partial charge in [-0.1, -0.05) is 67.9 Å². The molecule has 2 nitrogen and oxygen atoms in total. The second-order valence-corrected chi connectivity index (χ2v) is 8.55. The van der Waals surface area contributed by atoms with Crippen LogP contribution < -0.4 is 0 Å². The van der Waals surface area contributed by atoms with Crippen LogP contribution in [0.5, 0.6) is 0 Å². The first-order valence-electron chi connectivity index (χ1n) is 10.4. The van der Waals surface area contributed by atoms with Crippen LogP contribution in [0.2, 0.25) is 0 Å². The van der Waals surface area contributed by atoms with Crippen molar-refractivity contribution in [2.75, 3.05) is 0 Å². The number of hydrogen-bond acceptors (Lipinski definition) is 1. The third kappa shape index (κ3) is 2.66. The molecule has 5 rings (SSSR count). The average Bonchev–Trinajstić information content (AvgIpc) is 3.12. The number of hydrogen-bond donors (Lipinski definition) is 0. The molecule has 29 heavy (non-hydrogen) atoms. The number of nitrogens with zero attached hydrogens (tertiary/aromatic N) is 2. The normalized spacial score (nSPS) is 11.9. The number of rotatable bonds is 2. The Hall–Kier alpha value is -3.13. The lowest BCUT2D eigenvalue weighted by Gasteiger charge is -2.16. The summed E-state index contributed by atoms with van der Waals surface area (Å²) >= 11 is 0. The molecule has 0 fully saturated rings. The van der Waals surface area contributed by atoms with Crippen molar-refractivity contribution >= 4 is 27.3 Å². The van der Waals surface area contributed by atoms with E-state index in [1.165, 1.54) is 55.2 Å². The fourth-order valence-corrected chi connectivity index (χ4v) is 4.78. The molecule has 0 aliphatic carbocycles. The van der Waals surface area contributed by atoms with Gasteiger partial charge in [-0.2, -0.15) is 0 Å². The van der Waals surface area contributed by atoms with Crippen molar-refractivity contribution in [1.82, 2.24) is 9.38 Å². The van der Waals surface area contributed by atoms with Crippen LogP contribution in [-0.2, 0) is 0 Å². The second kappa shape index (κ2) is 6.45. The van der Waals surface area contributed by atoms with Crippen LogP contribution in [0.15, 0.2) is 60.8 Å². The number of benzene rings is 3. The van der Waals surface area contributed by atoms with E-state index in [0.717, 1.165) is 5.65 Å². The molecule has 0 aliphatic rings. The summed E-state index contributed by atoms with van der Waals surface area (Å²) in [5.41, 5.74) is 9.97. The van der Waals surface area contributed by atoms with Crippen LogP contribution in [0.3, 0.4) is 0 Å². The van der Waals surface area contributed by atoms with Gasteiger partial charge in [0.1, 0.15) is 5.65 Å². The maximum absolute atomic E-state index is 4.92. The van der Waals surface area contributed by atoms with Crippen LogP contribution >= 0.6 is 0 Å². The molecule has 0 unspecified atom stereocenters. The number of aryl methyl sites for hydroxylation is 3. The van der Waals surface area contributed by atoms with Gasteiger partial charge in [0, 0.05) is 16.3 Å². The highest BCUT2D eigenvalue weighted by atomic mass is 15.0. The molecule has 144 valence electrons. The van der Waals surface area contributed by atoms with E-state index in [1.807, 2.05) is 6.20 Å². The Kier molecular flexibility index (Phi) is 3.99. The van der Waals surface area contributed by atoms with Gasteiger partial charge in [0.25, 0.3) is 0 Å². The largest absolute Gasteiger partial charge is 0.292 e. The molecule has 0 amide bonds. The average molecular weight is 379 g/mol. The van der Waals surface area contributed by atoms with Crippen LogP contribution in [0, 0.1) is 20.8 Å². The van der Waals surface area contributed by atoms with E-state index in [2.05, 4.69) is 93.6 Å². The van der Waals surface area contributed by atoms with Crippen molar-refractivity contribution in [3.8, 4) is 11.3 Å². The zero-order valence-electron chi connectivity index (χ0n) is 17.7.